The Labute approximate surface area is 176 Å². The molecule has 6 heteroatoms. The molecule has 3 N–H and O–H groups in total. The van der Waals surface area contributed by atoms with Crippen molar-refractivity contribution in [3.05, 3.63) is 64.1 Å². The number of H-pyrrole nitrogens is 1. The Morgan fingerprint density at radius 3 is 2.70 bits per heavy atom. The average Bonchev–Trinajstić information content (AvgIpc) is 2.96. The van der Waals surface area contributed by atoms with Crippen molar-refractivity contribution in [1.29, 1.82) is 0 Å². The van der Waals surface area contributed by atoms with Gasteiger partial charge in [-0.1, -0.05) is 24.3 Å². The molecule has 0 fully saturated rings. The third-order valence-electron chi connectivity index (χ3n) is 5.85. The number of nitrogens with one attached hydrogen (secondary N) is 2. The fourth-order valence-electron chi connectivity index (χ4n) is 4.36. The van der Waals surface area contributed by atoms with Gasteiger partial charge in [0.1, 0.15) is 5.75 Å². The van der Waals surface area contributed by atoms with E-state index in [1.807, 2.05) is 44.2 Å². The quantitative estimate of drug-likeness (QED) is 0.558. The van der Waals surface area contributed by atoms with Crippen LogP contribution in [0.3, 0.4) is 0 Å². The second-order valence-electron chi connectivity index (χ2n) is 8.58. The first-order valence-electron chi connectivity index (χ1n) is 10.8. The van der Waals surface area contributed by atoms with E-state index >= 15 is 0 Å². The predicted molar refractivity (Wildman–Crippen MR) is 119 cm³/mol. The van der Waals surface area contributed by atoms with Crippen LogP contribution >= 0.6 is 0 Å². The van der Waals surface area contributed by atoms with Gasteiger partial charge in [-0.15, -0.1) is 0 Å². The number of imidazole rings is 1. The minimum atomic E-state index is -0.646. The number of rotatable bonds is 7. The van der Waals surface area contributed by atoms with Crippen LogP contribution in [0.15, 0.2) is 47.3 Å². The van der Waals surface area contributed by atoms with Crippen molar-refractivity contribution in [2.45, 2.75) is 70.9 Å². The molecule has 3 unspecified atom stereocenters. The van der Waals surface area contributed by atoms with Gasteiger partial charge in [0.05, 0.1) is 23.2 Å². The maximum Gasteiger partial charge on any atom is 0.326 e. The maximum absolute atomic E-state index is 12.3. The minimum Gasteiger partial charge on any atom is -0.491 e. The number of aliphatic hydroxyl groups is 1. The number of aromatic amines is 1. The van der Waals surface area contributed by atoms with Gasteiger partial charge in [0.15, 0.2) is 0 Å². The summed E-state index contributed by atoms with van der Waals surface area (Å²) < 4.78 is 7.46. The zero-order chi connectivity index (χ0) is 21.3. The highest BCUT2D eigenvalue weighted by Gasteiger charge is 2.29. The lowest BCUT2D eigenvalue weighted by atomic mass is 9.98. The summed E-state index contributed by atoms with van der Waals surface area (Å²) in [5.41, 5.74) is 3.59. The molecule has 0 aliphatic carbocycles. The molecule has 0 amide bonds. The van der Waals surface area contributed by atoms with Gasteiger partial charge in [0.2, 0.25) is 0 Å². The van der Waals surface area contributed by atoms with E-state index in [1.165, 1.54) is 5.56 Å². The summed E-state index contributed by atoms with van der Waals surface area (Å²) in [5.74, 6) is 0.898. The van der Waals surface area contributed by atoms with Crippen molar-refractivity contribution in [3.8, 4) is 5.75 Å². The molecule has 0 radical (unpaired) electrons. The number of aliphatic hydroxyl groups excluding tert-OH is 1. The van der Waals surface area contributed by atoms with Crippen LogP contribution in [-0.2, 0) is 13.0 Å². The van der Waals surface area contributed by atoms with Crippen molar-refractivity contribution in [2.75, 3.05) is 0 Å². The zero-order valence-electron chi connectivity index (χ0n) is 17.9. The second-order valence-corrected chi connectivity index (χ2v) is 8.58. The van der Waals surface area contributed by atoms with Crippen molar-refractivity contribution >= 4 is 11.0 Å². The lowest BCUT2D eigenvalue weighted by molar-refractivity contribution is 0.119. The SMILES string of the molecule is CC(CCc1ccc(OC(C)C)cc1)NC1CCn2c(=O)[nH]c3cccc(c32)C1O. The Hall–Kier alpha value is -2.57. The lowest BCUT2D eigenvalue weighted by Crippen LogP contribution is -2.41. The number of nitrogens with zero attached hydrogens (tertiary/aromatic N) is 1. The molecule has 160 valence electrons. The molecule has 1 aliphatic heterocycles. The first kappa shape index (κ1) is 20.7. The van der Waals surface area contributed by atoms with Gasteiger partial charge < -0.3 is 20.1 Å². The van der Waals surface area contributed by atoms with Crippen LogP contribution in [0.25, 0.3) is 11.0 Å². The third kappa shape index (κ3) is 4.30. The van der Waals surface area contributed by atoms with Gasteiger partial charge >= 0.3 is 5.69 Å². The van der Waals surface area contributed by atoms with Gasteiger partial charge in [-0.2, -0.15) is 0 Å². The van der Waals surface area contributed by atoms with Crippen LogP contribution in [-0.4, -0.2) is 32.8 Å². The Kier molecular flexibility index (Phi) is 5.97. The highest BCUT2D eigenvalue weighted by molar-refractivity contribution is 5.79. The van der Waals surface area contributed by atoms with Crippen molar-refractivity contribution in [2.24, 2.45) is 0 Å². The molecule has 0 bridgehead atoms. The van der Waals surface area contributed by atoms with E-state index in [4.69, 9.17) is 4.74 Å². The van der Waals surface area contributed by atoms with Crippen LogP contribution in [0.4, 0.5) is 0 Å². The summed E-state index contributed by atoms with van der Waals surface area (Å²) in [6.07, 6.45) is 2.15. The number of benzene rings is 2. The van der Waals surface area contributed by atoms with Crippen LogP contribution in [0.5, 0.6) is 5.75 Å². The lowest BCUT2D eigenvalue weighted by Gasteiger charge is -2.26. The molecule has 1 aliphatic rings. The minimum absolute atomic E-state index is 0.0910. The maximum atomic E-state index is 12.3. The molecule has 0 saturated heterocycles. The fraction of sp³-hybridized carbons (Fsp3) is 0.458. The molecule has 2 aromatic carbocycles. The highest BCUT2D eigenvalue weighted by atomic mass is 16.5. The first-order valence-corrected chi connectivity index (χ1v) is 10.8. The molecular weight excluding hydrogens is 378 g/mol. The van der Waals surface area contributed by atoms with Gasteiger partial charge in [-0.05, 0) is 63.8 Å². The van der Waals surface area contributed by atoms with E-state index in [1.54, 1.807) is 4.57 Å². The largest absolute Gasteiger partial charge is 0.491 e. The van der Waals surface area contributed by atoms with Crippen LogP contribution < -0.4 is 15.7 Å². The summed E-state index contributed by atoms with van der Waals surface area (Å²) in [6.45, 7) is 6.80. The molecule has 3 atom stereocenters. The topological polar surface area (TPSA) is 79.3 Å². The molecular formula is C24H31N3O3. The van der Waals surface area contributed by atoms with Crippen molar-refractivity contribution in [1.82, 2.24) is 14.9 Å². The molecule has 30 heavy (non-hydrogen) atoms. The molecule has 0 saturated carbocycles. The average molecular weight is 410 g/mol. The summed E-state index contributed by atoms with van der Waals surface area (Å²) in [5, 5.41) is 14.7. The van der Waals surface area contributed by atoms with Crippen LogP contribution in [0.1, 0.15) is 50.8 Å². The van der Waals surface area contributed by atoms with E-state index in [-0.39, 0.29) is 23.9 Å². The zero-order valence-corrected chi connectivity index (χ0v) is 17.9. The normalized spacial score (nSPS) is 19.8. The summed E-state index contributed by atoms with van der Waals surface area (Å²) in [6, 6.07) is 14.1. The van der Waals surface area contributed by atoms with Gasteiger partial charge in [0.25, 0.3) is 0 Å². The Morgan fingerprint density at radius 2 is 1.97 bits per heavy atom. The molecule has 1 aromatic heterocycles. The molecule has 6 nitrogen and oxygen atoms in total. The number of hydrogen-bond donors (Lipinski definition) is 3. The van der Waals surface area contributed by atoms with E-state index in [9.17, 15) is 9.90 Å². The Balaban J connectivity index is 1.39. The number of aryl methyl sites for hydroxylation is 2. The Bertz CT molecular complexity index is 1050. The number of hydrogen-bond acceptors (Lipinski definition) is 4. The van der Waals surface area contributed by atoms with Crippen molar-refractivity contribution < 1.29 is 9.84 Å². The second kappa shape index (κ2) is 8.66. The van der Waals surface area contributed by atoms with E-state index in [0.29, 0.717) is 13.0 Å². The van der Waals surface area contributed by atoms with Crippen LogP contribution in [0, 0.1) is 0 Å². The number of para-hydroxylation sites is 1. The molecule has 4 rings (SSSR count). The fourth-order valence-corrected chi connectivity index (χ4v) is 4.36. The smallest absolute Gasteiger partial charge is 0.326 e. The third-order valence-corrected chi connectivity index (χ3v) is 5.85. The molecule has 0 spiro atoms. The highest BCUT2D eigenvalue weighted by Crippen LogP contribution is 2.30. The van der Waals surface area contributed by atoms with Crippen molar-refractivity contribution in [3.63, 3.8) is 0 Å². The predicted octanol–water partition coefficient (Wildman–Crippen LogP) is 3.53. The monoisotopic (exact) mass is 409 g/mol. The molecule has 2 heterocycles. The Morgan fingerprint density at radius 1 is 1.20 bits per heavy atom. The summed E-state index contributed by atoms with van der Waals surface area (Å²) in [4.78, 5) is 15.2. The number of aromatic nitrogens is 2. The summed E-state index contributed by atoms with van der Waals surface area (Å²) >= 11 is 0. The summed E-state index contributed by atoms with van der Waals surface area (Å²) in [7, 11) is 0. The van der Waals surface area contributed by atoms with E-state index in [0.717, 1.165) is 35.2 Å². The van der Waals surface area contributed by atoms with E-state index in [2.05, 4.69) is 29.4 Å². The van der Waals surface area contributed by atoms with Gasteiger partial charge in [0, 0.05) is 24.2 Å². The molecule has 3 aromatic rings. The van der Waals surface area contributed by atoms with E-state index < -0.39 is 6.10 Å². The standard InChI is InChI=1S/C24H31N3O3/c1-15(2)30-18-11-9-17(10-12-18)8-7-16(3)25-21-13-14-27-22-19(23(21)28)5-4-6-20(22)26-24(27)29/h4-6,9-12,15-16,21,23,25,28H,7-8,13-14H2,1-3H3,(H,26,29). The van der Waals surface area contributed by atoms with Gasteiger partial charge in [-0.25, -0.2) is 4.79 Å². The van der Waals surface area contributed by atoms with Gasteiger partial charge in [-0.3, -0.25) is 4.57 Å². The van der Waals surface area contributed by atoms with Crippen LogP contribution in [0.2, 0.25) is 0 Å². The number of ether oxygens (including phenoxy) is 1. The first-order chi connectivity index (χ1) is 14.4.